The molecule has 4 N–H and O–H groups in total. The molecule has 0 saturated carbocycles. The van der Waals surface area contributed by atoms with Crippen molar-refractivity contribution in [1.82, 2.24) is 5.48 Å². The van der Waals surface area contributed by atoms with E-state index in [9.17, 15) is 9.90 Å². The molecule has 7 nitrogen and oxygen atoms in total. The maximum Gasteiger partial charge on any atom is 0.269 e. The molecule has 0 saturated heterocycles. The van der Waals surface area contributed by atoms with E-state index in [4.69, 9.17) is 19.8 Å². The zero-order valence-electron chi connectivity index (χ0n) is 13.9. The molecule has 0 heterocycles. The Labute approximate surface area is 141 Å². The van der Waals surface area contributed by atoms with Crippen LogP contribution in [0.15, 0.2) is 35.9 Å². The molecule has 0 radical (unpaired) electrons. The average Bonchev–Trinajstić information content (AvgIpc) is 2.62. The first-order valence-electron chi connectivity index (χ1n) is 7.69. The second-order valence-corrected chi connectivity index (χ2v) is 5.27. The minimum atomic E-state index is -0.817. The van der Waals surface area contributed by atoms with Gasteiger partial charge in [0.05, 0.1) is 12.7 Å². The summed E-state index contributed by atoms with van der Waals surface area (Å²) in [5, 5.41) is 27.7. The van der Waals surface area contributed by atoms with E-state index in [0.717, 1.165) is 0 Å². The molecule has 1 amide bonds. The van der Waals surface area contributed by atoms with Crippen molar-refractivity contribution in [2.24, 2.45) is 0 Å². The van der Waals surface area contributed by atoms with Crippen molar-refractivity contribution in [3.63, 3.8) is 0 Å². The van der Waals surface area contributed by atoms with E-state index in [1.54, 1.807) is 42.7 Å². The summed E-state index contributed by atoms with van der Waals surface area (Å²) in [5.41, 5.74) is 2.65. The zero-order valence-corrected chi connectivity index (χ0v) is 13.9. The van der Waals surface area contributed by atoms with E-state index in [0.29, 0.717) is 29.7 Å². The zero-order chi connectivity index (χ0) is 17.9. The number of hydroxylamine groups is 1. The molecule has 7 heteroatoms. The summed E-state index contributed by atoms with van der Waals surface area (Å²) in [4.78, 5) is 11.2. The van der Waals surface area contributed by atoms with Gasteiger partial charge in [-0.05, 0) is 37.5 Å². The number of aliphatic hydroxyl groups excluding tert-OH is 2. The second-order valence-electron chi connectivity index (χ2n) is 5.27. The van der Waals surface area contributed by atoms with Crippen molar-refractivity contribution in [3.8, 4) is 5.75 Å². The maximum absolute atomic E-state index is 11.2. The number of carbonyl (C=O) groups is 1. The summed E-state index contributed by atoms with van der Waals surface area (Å²) in [6, 6.07) is 6.92. The van der Waals surface area contributed by atoms with Crippen LogP contribution in [0.4, 0.5) is 0 Å². The summed E-state index contributed by atoms with van der Waals surface area (Å²) in [7, 11) is 1.52. The van der Waals surface area contributed by atoms with Crippen LogP contribution in [0.2, 0.25) is 0 Å². The third kappa shape index (κ3) is 6.29. The minimum Gasteiger partial charge on any atom is -0.491 e. The number of aliphatic hydroxyl groups is 2. The van der Waals surface area contributed by atoms with Crippen molar-refractivity contribution in [3.05, 3.63) is 41.5 Å². The highest BCUT2D eigenvalue weighted by Crippen LogP contribution is 2.24. The molecule has 0 aliphatic carbocycles. The molecule has 134 valence electrons. The Morgan fingerprint density at radius 1 is 1.33 bits per heavy atom. The van der Waals surface area contributed by atoms with Gasteiger partial charge in [-0.3, -0.25) is 10.0 Å². The Morgan fingerprint density at radius 3 is 2.54 bits per heavy atom. The molecule has 24 heavy (non-hydrogen) atoms. The molecular weight excluding hydrogens is 314 g/mol. The van der Waals surface area contributed by atoms with Crippen LogP contribution in [0.3, 0.4) is 0 Å². The summed E-state index contributed by atoms with van der Waals surface area (Å²) < 4.78 is 10.6. The van der Waals surface area contributed by atoms with Crippen LogP contribution >= 0.6 is 0 Å². The predicted octanol–water partition coefficient (Wildman–Crippen LogP) is 1.34. The Hall–Kier alpha value is -1.93. The minimum absolute atomic E-state index is 0.0582. The van der Waals surface area contributed by atoms with E-state index in [2.05, 4.69) is 0 Å². The predicted molar refractivity (Wildman–Crippen MR) is 87.7 cm³/mol. The Kier molecular flexibility index (Phi) is 9.03. The number of rotatable bonds is 10. The molecule has 1 aromatic rings. The first-order valence-corrected chi connectivity index (χ1v) is 7.69. The van der Waals surface area contributed by atoms with Crippen molar-refractivity contribution in [2.75, 3.05) is 20.3 Å². The topological polar surface area (TPSA) is 108 Å². The van der Waals surface area contributed by atoms with Gasteiger partial charge in [0.2, 0.25) is 0 Å². The molecule has 0 aromatic heterocycles. The highest BCUT2D eigenvalue weighted by Gasteiger charge is 2.20. The molecule has 1 aromatic carbocycles. The fourth-order valence-corrected chi connectivity index (χ4v) is 2.19. The standard InChI is InChI=1S/C17H25NO6/c1-12(17(21)18-22)4-3-5-15(23-2)16(20)13-6-8-14(9-7-13)24-11-10-19/h4,6-9,15-16,19-20,22H,3,5,10-11H2,1-2H3,(H,18,21)/b12-4+/t15-,16-/m0/s1. The Balaban J connectivity index is 2.62. The van der Waals surface area contributed by atoms with Crippen LogP contribution in [0.25, 0.3) is 0 Å². The quantitative estimate of drug-likeness (QED) is 0.291. The molecule has 2 atom stereocenters. The largest absolute Gasteiger partial charge is 0.491 e. The van der Waals surface area contributed by atoms with Gasteiger partial charge < -0.3 is 19.7 Å². The lowest BCUT2D eigenvalue weighted by Crippen LogP contribution is -2.21. The highest BCUT2D eigenvalue weighted by molar-refractivity contribution is 5.91. The van der Waals surface area contributed by atoms with E-state index in [1.807, 2.05) is 0 Å². The smallest absolute Gasteiger partial charge is 0.269 e. The summed E-state index contributed by atoms with van der Waals surface area (Å²) in [6.45, 7) is 1.75. The average molecular weight is 339 g/mol. The van der Waals surface area contributed by atoms with Crippen LogP contribution in [-0.4, -0.2) is 47.8 Å². The number of allylic oxidation sites excluding steroid dienone is 1. The van der Waals surface area contributed by atoms with Gasteiger partial charge in [-0.1, -0.05) is 18.2 Å². The molecule has 1 rings (SSSR count). The SMILES string of the molecule is CO[C@@H](CC/C=C(\C)C(=O)NO)[C@@H](O)c1ccc(OCCO)cc1. The summed E-state index contributed by atoms with van der Waals surface area (Å²) >= 11 is 0. The number of hydrogen-bond acceptors (Lipinski definition) is 6. The number of benzene rings is 1. The van der Waals surface area contributed by atoms with Gasteiger partial charge in [-0.2, -0.15) is 0 Å². The summed E-state index contributed by atoms with van der Waals surface area (Å²) in [6.07, 6.45) is 1.46. The van der Waals surface area contributed by atoms with E-state index < -0.39 is 18.1 Å². The van der Waals surface area contributed by atoms with Crippen LogP contribution < -0.4 is 10.2 Å². The third-order valence-electron chi connectivity index (χ3n) is 3.60. The lowest BCUT2D eigenvalue weighted by Gasteiger charge is -2.21. The Morgan fingerprint density at radius 2 is 2.00 bits per heavy atom. The van der Waals surface area contributed by atoms with Gasteiger partial charge >= 0.3 is 0 Å². The van der Waals surface area contributed by atoms with Crippen LogP contribution in [-0.2, 0) is 9.53 Å². The van der Waals surface area contributed by atoms with Gasteiger partial charge in [-0.15, -0.1) is 0 Å². The van der Waals surface area contributed by atoms with Crippen molar-refractivity contribution >= 4 is 5.91 Å². The lowest BCUT2D eigenvalue weighted by atomic mass is 10.00. The van der Waals surface area contributed by atoms with Crippen molar-refractivity contribution in [1.29, 1.82) is 0 Å². The number of carbonyl (C=O) groups excluding carboxylic acids is 1. The molecule has 0 fully saturated rings. The number of nitrogens with one attached hydrogen (secondary N) is 1. The fourth-order valence-electron chi connectivity index (χ4n) is 2.19. The number of hydrogen-bond donors (Lipinski definition) is 4. The van der Waals surface area contributed by atoms with Gasteiger partial charge in [0.15, 0.2) is 0 Å². The second kappa shape index (κ2) is 10.8. The molecule has 0 aliphatic heterocycles. The van der Waals surface area contributed by atoms with Gasteiger partial charge in [0.1, 0.15) is 18.5 Å². The molecule has 0 aliphatic rings. The normalized spacial score (nSPS) is 14.1. The Bertz CT molecular complexity index is 528. The highest BCUT2D eigenvalue weighted by atomic mass is 16.5. The maximum atomic E-state index is 11.2. The first kappa shape index (κ1) is 20.1. The van der Waals surface area contributed by atoms with Gasteiger partial charge in [0, 0.05) is 12.7 Å². The lowest BCUT2D eigenvalue weighted by molar-refractivity contribution is -0.125. The number of methoxy groups -OCH3 is 1. The van der Waals surface area contributed by atoms with Gasteiger partial charge in [0.25, 0.3) is 5.91 Å². The first-order chi connectivity index (χ1) is 11.5. The van der Waals surface area contributed by atoms with Crippen LogP contribution in [0.5, 0.6) is 5.75 Å². The molecular formula is C17H25NO6. The number of amides is 1. The van der Waals surface area contributed by atoms with E-state index in [-0.39, 0.29) is 13.2 Å². The van der Waals surface area contributed by atoms with Crippen LogP contribution in [0.1, 0.15) is 31.4 Å². The molecule has 0 unspecified atom stereocenters. The molecule has 0 bridgehead atoms. The van der Waals surface area contributed by atoms with E-state index in [1.165, 1.54) is 7.11 Å². The van der Waals surface area contributed by atoms with Crippen molar-refractivity contribution < 1.29 is 29.7 Å². The van der Waals surface area contributed by atoms with E-state index >= 15 is 0 Å². The van der Waals surface area contributed by atoms with Gasteiger partial charge in [-0.25, -0.2) is 5.48 Å². The third-order valence-corrected chi connectivity index (χ3v) is 3.60. The fraction of sp³-hybridized carbons (Fsp3) is 0.471. The number of ether oxygens (including phenoxy) is 2. The summed E-state index contributed by atoms with van der Waals surface area (Å²) in [5.74, 6) is 0.0607. The monoisotopic (exact) mass is 339 g/mol. The van der Waals surface area contributed by atoms with Crippen LogP contribution in [0, 0.1) is 0 Å². The molecule has 0 spiro atoms. The van der Waals surface area contributed by atoms with Crippen molar-refractivity contribution in [2.45, 2.75) is 32.0 Å².